The summed E-state index contributed by atoms with van der Waals surface area (Å²) in [5, 5.41) is 4.57. The summed E-state index contributed by atoms with van der Waals surface area (Å²) in [5.74, 6) is 1.90. The summed E-state index contributed by atoms with van der Waals surface area (Å²) >= 11 is 0. The minimum Gasteiger partial charge on any atom is -0.466 e. The molecular formula is C17H18N2O. The number of benzene rings is 1. The molecular weight excluding hydrogens is 248 g/mol. The van der Waals surface area contributed by atoms with Crippen LogP contribution in [0.2, 0.25) is 0 Å². The van der Waals surface area contributed by atoms with Gasteiger partial charge in [0.15, 0.2) is 0 Å². The van der Waals surface area contributed by atoms with Gasteiger partial charge >= 0.3 is 0 Å². The summed E-state index contributed by atoms with van der Waals surface area (Å²) in [6.45, 7) is 3.99. The summed E-state index contributed by atoms with van der Waals surface area (Å²) in [4.78, 5) is 4.43. The molecule has 0 fully saturated rings. The molecule has 0 aliphatic carbocycles. The van der Waals surface area contributed by atoms with Gasteiger partial charge in [-0.2, -0.15) is 0 Å². The number of aryl methyl sites for hydroxylation is 2. The van der Waals surface area contributed by atoms with E-state index in [4.69, 9.17) is 4.42 Å². The smallest absolute Gasteiger partial charge is 0.106 e. The summed E-state index contributed by atoms with van der Waals surface area (Å²) in [5.41, 5.74) is 3.42. The maximum Gasteiger partial charge on any atom is 0.106 e. The molecule has 3 rings (SSSR count). The van der Waals surface area contributed by atoms with Crippen LogP contribution in [0.15, 0.2) is 47.0 Å². The molecule has 3 nitrogen and oxygen atoms in total. The number of hydrogen-bond acceptors (Lipinski definition) is 3. The Labute approximate surface area is 118 Å². The maximum atomic E-state index is 5.68. The van der Waals surface area contributed by atoms with Crippen molar-refractivity contribution in [1.29, 1.82) is 0 Å². The minimum atomic E-state index is 0.111. The van der Waals surface area contributed by atoms with Crippen LogP contribution in [0.3, 0.4) is 0 Å². The van der Waals surface area contributed by atoms with Crippen molar-refractivity contribution in [2.45, 2.75) is 19.9 Å². The first-order chi connectivity index (χ1) is 9.70. The normalized spacial score (nSPS) is 12.8. The van der Waals surface area contributed by atoms with E-state index in [0.717, 1.165) is 17.0 Å². The first-order valence-corrected chi connectivity index (χ1v) is 6.78. The Morgan fingerprint density at radius 3 is 2.65 bits per heavy atom. The second kappa shape index (κ2) is 5.10. The molecule has 102 valence electrons. The summed E-state index contributed by atoms with van der Waals surface area (Å²) in [6, 6.07) is 12.5. The van der Waals surface area contributed by atoms with Crippen LogP contribution in [0, 0.1) is 13.8 Å². The Bertz CT molecular complexity index is 740. The van der Waals surface area contributed by atoms with Crippen LogP contribution in [0.4, 0.5) is 0 Å². The lowest BCUT2D eigenvalue weighted by Crippen LogP contribution is -2.18. The van der Waals surface area contributed by atoms with Crippen molar-refractivity contribution < 1.29 is 4.42 Å². The topological polar surface area (TPSA) is 38.1 Å². The Morgan fingerprint density at radius 1 is 1.10 bits per heavy atom. The predicted molar refractivity (Wildman–Crippen MR) is 80.8 cm³/mol. The van der Waals surface area contributed by atoms with Gasteiger partial charge in [-0.15, -0.1) is 0 Å². The lowest BCUT2D eigenvalue weighted by Gasteiger charge is -2.18. The van der Waals surface area contributed by atoms with Gasteiger partial charge in [-0.3, -0.25) is 4.98 Å². The number of rotatable bonds is 3. The van der Waals surface area contributed by atoms with E-state index in [1.807, 2.05) is 39.2 Å². The fraction of sp³-hybridized carbons (Fsp3) is 0.235. The van der Waals surface area contributed by atoms with Crippen LogP contribution in [-0.2, 0) is 0 Å². The molecule has 2 aromatic heterocycles. The first kappa shape index (κ1) is 12.9. The van der Waals surface area contributed by atoms with Gasteiger partial charge in [0, 0.05) is 17.1 Å². The largest absolute Gasteiger partial charge is 0.466 e. The number of nitrogens with one attached hydrogen (secondary N) is 1. The highest BCUT2D eigenvalue weighted by Crippen LogP contribution is 2.31. The van der Waals surface area contributed by atoms with Gasteiger partial charge in [0.25, 0.3) is 0 Å². The standard InChI is InChI=1S/C17H18N2O/c1-11-10-15(12(2)20-11)17(18-3)14-6-4-8-16-13(14)7-5-9-19-16/h4-10,17-18H,1-3H3. The fourth-order valence-corrected chi connectivity index (χ4v) is 2.79. The maximum absolute atomic E-state index is 5.68. The highest BCUT2D eigenvalue weighted by molar-refractivity contribution is 5.83. The van der Waals surface area contributed by atoms with Gasteiger partial charge in [-0.1, -0.05) is 18.2 Å². The van der Waals surface area contributed by atoms with E-state index >= 15 is 0 Å². The molecule has 3 aromatic rings. The van der Waals surface area contributed by atoms with E-state index in [1.165, 1.54) is 16.5 Å². The van der Waals surface area contributed by atoms with Crippen LogP contribution >= 0.6 is 0 Å². The second-order valence-electron chi connectivity index (χ2n) is 5.01. The third-order valence-electron chi connectivity index (χ3n) is 3.67. The van der Waals surface area contributed by atoms with Gasteiger partial charge in [-0.25, -0.2) is 0 Å². The molecule has 0 aliphatic rings. The molecule has 1 N–H and O–H groups in total. The van der Waals surface area contributed by atoms with Crippen LogP contribution in [0.1, 0.15) is 28.7 Å². The van der Waals surface area contributed by atoms with E-state index in [-0.39, 0.29) is 6.04 Å². The molecule has 0 saturated carbocycles. The Balaban J connectivity index is 2.19. The third kappa shape index (κ3) is 2.10. The van der Waals surface area contributed by atoms with Crippen molar-refractivity contribution >= 4 is 10.9 Å². The van der Waals surface area contributed by atoms with Gasteiger partial charge in [-0.05, 0) is 44.7 Å². The van der Waals surface area contributed by atoms with E-state index < -0.39 is 0 Å². The summed E-state index contributed by atoms with van der Waals surface area (Å²) in [7, 11) is 1.97. The Hall–Kier alpha value is -2.13. The number of fused-ring (bicyclic) bond motifs is 1. The summed E-state index contributed by atoms with van der Waals surface area (Å²) in [6.07, 6.45) is 1.83. The lowest BCUT2D eigenvalue weighted by atomic mass is 9.95. The van der Waals surface area contributed by atoms with Gasteiger partial charge in [0.05, 0.1) is 11.6 Å². The zero-order valence-electron chi connectivity index (χ0n) is 12.0. The molecule has 0 saturated heterocycles. The molecule has 0 amide bonds. The van der Waals surface area contributed by atoms with E-state index in [2.05, 4.69) is 34.6 Å². The lowest BCUT2D eigenvalue weighted by molar-refractivity contribution is 0.497. The number of nitrogens with zero attached hydrogens (tertiary/aromatic N) is 1. The molecule has 0 aliphatic heterocycles. The van der Waals surface area contributed by atoms with E-state index in [9.17, 15) is 0 Å². The van der Waals surface area contributed by atoms with E-state index in [0.29, 0.717) is 0 Å². The van der Waals surface area contributed by atoms with Crippen molar-refractivity contribution in [3.05, 3.63) is 65.2 Å². The van der Waals surface area contributed by atoms with Crippen molar-refractivity contribution in [3.8, 4) is 0 Å². The molecule has 3 heteroatoms. The van der Waals surface area contributed by atoms with Gasteiger partial charge in [0.2, 0.25) is 0 Å². The quantitative estimate of drug-likeness (QED) is 0.784. The Kier molecular flexibility index (Phi) is 3.28. The van der Waals surface area contributed by atoms with Crippen LogP contribution < -0.4 is 5.32 Å². The predicted octanol–water partition coefficient (Wildman–Crippen LogP) is 3.75. The molecule has 0 bridgehead atoms. The highest BCUT2D eigenvalue weighted by Gasteiger charge is 2.19. The molecule has 20 heavy (non-hydrogen) atoms. The second-order valence-corrected chi connectivity index (χ2v) is 5.01. The van der Waals surface area contributed by atoms with Crippen LogP contribution in [0.25, 0.3) is 10.9 Å². The number of hydrogen-bond donors (Lipinski definition) is 1. The zero-order chi connectivity index (χ0) is 14.1. The molecule has 2 heterocycles. The minimum absolute atomic E-state index is 0.111. The SMILES string of the molecule is CNC(c1cc(C)oc1C)c1cccc2ncccc12. The number of furan rings is 1. The van der Waals surface area contributed by atoms with Crippen LogP contribution in [-0.4, -0.2) is 12.0 Å². The molecule has 0 spiro atoms. The first-order valence-electron chi connectivity index (χ1n) is 6.78. The van der Waals surface area contributed by atoms with Crippen molar-refractivity contribution in [1.82, 2.24) is 10.3 Å². The van der Waals surface area contributed by atoms with Gasteiger partial charge in [0.1, 0.15) is 11.5 Å². The fourth-order valence-electron chi connectivity index (χ4n) is 2.79. The average Bonchev–Trinajstić information content (AvgIpc) is 2.79. The van der Waals surface area contributed by atoms with Gasteiger partial charge < -0.3 is 9.73 Å². The van der Waals surface area contributed by atoms with Crippen molar-refractivity contribution in [3.63, 3.8) is 0 Å². The Morgan fingerprint density at radius 2 is 1.95 bits per heavy atom. The average molecular weight is 266 g/mol. The number of aromatic nitrogens is 1. The molecule has 1 atom stereocenters. The van der Waals surface area contributed by atoms with Crippen molar-refractivity contribution in [2.75, 3.05) is 7.05 Å². The monoisotopic (exact) mass is 266 g/mol. The van der Waals surface area contributed by atoms with Crippen molar-refractivity contribution in [2.24, 2.45) is 0 Å². The molecule has 1 unspecified atom stereocenters. The molecule has 1 aromatic carbocycles. The van der Waals surface area contributed by atoms with Crippen LogP contribution in [0.5, 0.6) is 0 Å². The zero-order valence-corrected chi connectivity index (χ0v) is 12.0. The third-order valence-corrected chi connectivity index (χ3v) is 3.67. The summed E-state index contributed by atoms with van der Waals surface area (Å²) < 4.78 is 5.68. The highest BCUT2D eigenvalue weighted by atomic mass is 16.3. The van der Waals surface area contributed by atoms with E-state index in [1.54, 1.807) is 0 Å². The number of pyridine rings is 1. The molecule has 0 radical (unpaired) electrons.